The van der Waals surface area contributed by atoms with Gasteiger partial charge >= 0.3 is 0 Å². The van der Waals surface area contributed by atoms with Crippen LogP contribution < -0.4 is 5.32 Å². The number of nitrogens with zero attached hydrogens (tertiary/aromatic N) is 2. The molecule has 1 aliphatic heterocycles. The Bertz CT molecular complexity index is 342. The Morgan fingerprint density at radius 2 is 1.93 bits per heavy atom. The first-order valence-corrected chi connectivity index (χ1v) is 5.00. The average Bonchev–Trinajstić information content (AvgIpc) is 2.20. The summed E-state index contributed by atoms with van der Waals surface area (Å²) in [5.74, 6) is 1.91. The molecule has 0 saturated heterocycles. The summed E-state index contributed by atoms with van der Waals surface area (Å²) in [5, 5.41) is 3.14. The maximum Gasteiger partial charge on any atom is 0.136 e. The molecule has 0 aromatic carbocycles. The van der Waals surface area contributed by atoms with E-state index in [0.717, 1.165) is 23.9 Å². The molecule has 0 radical (unpaired) electrons. The molecule has 76 valence electrons. The van der Waals surface area contributed by atoms with E-state index in [9.17, 15) is 0 Å². The zero-order valence-electron chi connectivity index (χ0n) is 9.26. The zero-order chi connectivity index (χ0) is 10.6. The number of aliphatic imine (C=N–C) groups is 1. The summed E-state index contributed by atoms with van der Waals surface area (Å²) in [7, 11) is 0. The molecule has 1 N–H and O–H groups in total. The van der Waals surface area contributed by atoms with Crippen molar-refractivity contribution in [3.8, 4) is 0 Å². The van der Waals surface area contributed by atoms with Crippen molar-refractivity contribution in [1.29, 1.82) is 0 Å². The normalized spacial score (nSPS) is 13.0. The van der Waals surface area contributed by atoms with Crippen molar-refractivity contribution in [3.63, 3.8) is 0 Å². The molecule has 0 spiro atoms. The highest BCUT2D eigenvalue weighted by Gasteiger charge is 2.08. The number of anilines is 1. The molecular formula is C11H17N3. The van der Waals surface area contributed by atoms with Gasteiger partial charge in [-0.05, 0) is 19.9 Å². The maximum absolute atomic E-state index is 4.37. The van der Waals surface area contributed by atoms with Gasteiger partial charge in [-0.3, -0.25) is 4.99 Å². The van der Waals surface area contributed by atoms with Crippen molar-refractivity contribution in [2.75, 3.05) is 5.32 Å². The fourth-order valence-electron chi connectivity index (χ4n) is 1.24. The minimum absolute atomic E-state index is 0.751. The van der Waals surface area contributed by atoms with Crippen LogP contribution in [0.5, 0.6) is 0 Å². The molecule has 0 bridgehead atoms. The molecule has 0 unspecified atom stereocenters. The average molecular weight is 191 g/mol. The quantitative estimate of drug-likeness (QED) is 0.684. The van der Waals surface area contributed by atoms with Crippen LogP contribution in [0.15, 0.2) is 17.1 Å². The lowest BCUT2D eigenvalue weighted by Crippen LogP contribution is -2.15. The third kappa shape index (κ3) is 2.31. The van der Waals surface area contributed by atoms with Gasteiger partial charge in [-0.25, -0.2) is 4.98 Å². The summed E-state index contributed by atoms with van der Waals surface area (Å²) >= 11 is 0. The number of fused-ring (bicyclic) bond motifs is 1. The number of pyridine rings is 1. The SMILES string of the molecule is CC.CC1=NCc2ccc(C)nc2N1. The Morgan fingerprint density at radius 3 is 2.64 bits per heavy atom. The second-order valence-electron chi connectivity index (χ2n) is 2.99. The van der Waals surface area contributed by atoms with Gasteiger partial charge in [0.05, 0.1) is 12.4 Å². The lowest BCUT2D eigenvalue weighted by atomic mass is 10.2. The summed E-state index contributed by atoms with van der Waals surface area (Å²) in [6.45, 7) is 8.69. The first kappa shape index (κ1) is 10.7. The van der Waals surface area contributed by atoms with E-state index in [1.807, 2.05) is 33.8 Å². The van der Waals surface area contributed by atoms with Gasteiger partial charge in [-0.15, -0.1) is 0 Å². The van der Waals surface area contributed by atoms with Crippen molar-refractivity contribution < 1.29 is 0 Å². The molecule has 0 aliphatic carbocycles. The van der Waals surface area contributed by atoms with Gasteiger partial charge in [0, 0.05) is 11.3 Å². The van der Waals surface area contributed by atoms with Crippen LogP contribution >= 0.6 is 0 Å². The molecule has 14 heavy (non-hydrogen) atoms. The minimum Gasteiger partial charge on any atom is -0.329 e. The number of hydrogen-bond donors (Lipinski definition) is 1. The van der Waals surface area contributed by atoms with E-state index in [1.165, 1.54) is 5.56 Å². The fourth-order valence-corrected chi connectivity index (χ4v) is 1.24. The lowest BCUT2D eigenvalue weighted by molar-refractivity contribution is 1.01. The Balaban J connectivity index is 0.000000461. The molecule has 3 nitrogen and oxygen atoms in total. The molecular weight excluding hydrogens is 174 g/mol. The van der Waals surface area contributed by atoms with Gasteiger partial charge in [0.2, 0.25) is 0 Å². The number of aryl methyl sites for hydroxylation is 1. The van der Waals surface area contributed by atoms with Gasteiger partial charge < -0.3 is 5.32 Å². The third-order valence-electron chi connectivity index (χ3n) is 1.90. The predicted molar refractivity (Wildman–Crippen MR) is 60.8 cm³/mol. The summed E-state index contributed by atoms with van der Waals surface area (Å²) in [5.41, 5.74) is 2.21. The molecule has 0 saturated carbocycles. The van der Waals surface area contributed by atoms with Crippen molar-refractivity contribution in [3.05, 3.63) is 23.4 Å². The summed E-state index contributed by atoms with van der Waals surface area (Å²) < 4.78 is 0. The van der Waals surface area contributed by atoms with Crippen molar-refractivity contribution in [1.82, 2.24) is 4.98 Å². The second-order valence-corrected chi connectivity index (χ2v) is 2.99. The van der Waals surface area contributed by atoms with Gasteiger partial charge in [-0.2, -0.15) is 0 Å². The van der Waals surface area contributed by atoms with Crippen LogP contribution in [0.4, 0.5) is 5.82 Å². The predicted octanol–water partition coefficient (Wildman–Crippen LogP) is 2.76. The smallest absolute Gasteiger partial charge is 0.136 e. The zero-order valence-corrected chi connectivity index (χ0v) is 9.26. The van der Waals surface area contributed by atoms with Gasteiger partial charge in [0.25, 0.3) is 0 Å². The van der Waals surface area contributed by atoms with Crippen LogP contribution in [0.2, 0.25) is 0 Å². The second kappa shape index (κ2) is 4.74. The number of aromatic nitrogens is 1. The van der Waals surface area contributed by atoms with E-state index in [4.69, 9.17) is 0 Å². The molecule has 2 heterocycles. The topological polar surface area (TPSA) is 37.3 Å². The van der Waals surface area contributed by atoms with E-state index >= 15 is 0 Å². The van der Waals surface area contributed by atoms with Crippen LogP contribution in [0.3, 0.4) is 0 Å². The third-order valence-corrected chi connectivity index (χ3v) is 1.90. The highest BCUT2D eigenvalue weighted by molar-refractivity contribution is 5.94. The van der Waals surface area contributed by atoms with Gasteiger partial charge in [0.15, 0.2) is 0 Å². The van der Waals surface area contributed by atoms with Gasteiger partial charge in [-0.1, -0.05) is 19.9 Å². The number of hydrogen-bond acceptors (Lipinski definition) is 3. The molecule has 2 rings (SSSR count). The molecule has 3 heteroatoms. The van der Waals surface area contributed by atoms with E-state index in [1.54, 1.807) is 0 Å². The summed E-state index contributed by atoms with van der Waals surface area (Å²) in [4.78, 5) is 8.64. The molecule has 1 aliphatic rings. The largest absolute Gasteiger partial charge is 0.329 e. The number of nitrogens with one attached hydrogen (secondary N) is 1. The molecule has 0 amide bonds. The Morgan fingerprint density at radius 1 is 1.21 bits per heavy atom. The van der Waals surface area contributed by atoms with Crippen molar-refractivity contribution in [2.24, 2.45) is 4.99 Å². The highest BCUT2D eigenvalue weighted by atomic mass is 15.1. The van der Waals surface area contributed by atoms with E-state index in [0.29, 0.717) is 0 Å². The summed E-state index contributed by atoms with van der Waals surface area (Å²) in [6, 6.07) is 4.08. The standard InChI is InChI=1S/C9H11N3.C2H6/c1-6-3-4-8-5-10-7(2)12-9(8)11-6;1-2/h3-4H,5H2,1-2H3,(H,10,11,12);1-2H3. The first-order chi connectivity index (χ1) is 6.75. The van der Waals surface area contributed by atoms with Crippen LogP contribution in [0.25, 0.3) is 0 Å². The lowest BCUT2D eigenvalue weighted by Gasteiger charge is -2.14. The minimum atomic E-state index is 0.751. The molecule has 1 aromatic heterocycles. The fraction of sp³-hybridized carbons (Fsp3) is 0.455. The Kier molecular flexibility index (Phi) is 3.63. The molecule has 1 aromatic rings. The molecule has 0 fully saturated rings. The van der Waals surface area contributed by atoms with E-state index in [2.05, 4.69) is 21.4 Å². The first-order valence-electron chi connectivity index (χ1n) is 5.00. The van der Waals surface area contributed by atoms with E-state index < -0.39 is 0 Å². The van der Waals surface area contributed by atoms with Gasteiger partial charge in [0.1, 0.15) is 5.82 Å². The van der Waals surface area contributed by atoms with Crippen LogP contribution in [-0.2, 0) is 6.54 Å². The van der Waals surface area contributed by atoms with E-state index in [-0.39, 0.29) is 0 Å². The number of rotatable bonds is 0. The Labute approximate surface area is 85.3 Å². The Hall–Kier alpha value is -1.38. The van der Waals surface area contributed by atoms with Crippen LogP contribution in [0.1, 0.15) is 32.0 Å². The number of amidine groups is 1. The maximum atomic E-state index is 4.37. The van der Waals surface area contributed by atoms with Crippen molar-refractivity contribution in [2.45, 2.75) is 34.2 Å². The summed E-state index contributed by atoms with van der Waals surface area (Å²) in [6.07, 6.45) is 0. The molecule has 0 atom stereocenters. The monoisotopic (exact) mass is 191 g/mol. The van der Waals surface area contributed by atoms with Crippen LogP contribution in [-0.4, -0.2) is 10.8 Å². The van der Waals surface area contributed by atoms with Crippen molar-refractivity contribution >= 4 is 11.7 Å². The highest BCUT2D eigenvalue weighted by Crippen LogP contribution is 2.17. The van der Waals surface area contributed by atoms with Crippen LogP contribution in [0, 0.1) is 6.92 Å².